The van der Waals surface area contributed by atoms with Crippen LogP contribution in [0.4, 0.5) is 28.9 Å². The second kappa shape index (κ2) is 9.62. The van der Waals surface area contributed by atoms with Gasteiger partial charge in [-0.2, -0.15) is 13.2 Å². The number of fused-ring (bicyclic) bond motifs is 1. The predicted octanol–water partition coefficient (Wildman–Crippen LogP) is 6.33. The lowest BCUT2D eigenvalue weighted by Gasteiger charge is -2.31. The lowest BCUT2D eigenvalue weighted by atomic mass is 10.0. The topological polar surface area (TPSA) is 44.4 Å². The minimum Gasteiger partial charge on any atom is -0.367 e. The Bertz CT molecular complexity index is 1420. The van der Waals surface area contributed by atoms with Gasteiger partial charge in [-0.05, 0) is 46.7 Å². The van der Waals surface area contributed by atoms with Crippen molar-refractivity contribution in [2.24, 2.45) is 0 Å². The second-order valence-electron chi connectivity index (χ2n) is 8.64. The molecule has 36 heavy (non-hydrogen) atoms. The molecule has 0 bridgehead atoms. The van der Waals surface area contributed by atoms with Crippen molar-refractivity contribution < 1.29 is 22.4 Å². The highest BCUT2D eigenvalue weighted by molar-refractivity contribution is 6.14. The Morgan fingerprint density at radius 1 is 0.889 bits per heavy atom. The largest absolute Gasteiger partial charge is 0.416 e. The lowest BCUT2D eigenvalue weighted by Crippen LogP contribution is -2.43. The van der Waals surface area contributed by atoms with Crippen LogP contribution in [0.15, 0.2) is 78.9 Å². The van der Waals surface area contributed by atoms with Gasteiger partial charge in [0.25, 0.3) is 5.91 Å². The number of anilines is 2. The Kier molecular flexibility index (Phi) is 6.36. The summed E-state index contributed by atoms with van der Waals surface area (Å²) in [5.41, 5.74) is 1.06. The molecule has 1 aliphatic heterocycles. The van der Waals surface area contributed by atoms with Crippen molar-refractivity contribution in [1.29, 1.82) is 0 Å². The zero-order valence-corrected chi connectivity index (χ0v) is 19.2. The fourth-order valence-electron chi connectivity index (χ4n) is 4.52. The molecule has 0 saturated carbocycles. The first-order valence-corrected chi connectivity index (χ1v) is 11.6. The summed E-state index contributed by atoms with van der Waals surface area (Å²) in [5.74, 6) is -1.31. The Hall–Kier alpha value is -3.91. The number of piperazine rings is 1. The maximum absolute atomic E-state index is 14.7. The molecule has 4 aromatic carbocycles. The quantitative estimate of drug-likeness (QED) is 0.327. The molecular formula is C28H23F4N3O. The van der Waals surface area contributed by atoms with E-state index in [0.29, 0.717) is 36.0 Å². The fourth-order valence-corrected chi connectivity index (χ4v) is 4.52. The van der Waals surface area contributed by atoms with Crippen molar-refractivity contribution in [2.75, 3.05) is 36.4 Å². The number of hydrogen-bond acceptors (Lipinski definition) is 3. The molecule has 0 spiro atoms. The average molecular weight is 494 g/mol. The number of rotatable bonds is 4. The zero-order chi connectivity index (χ0) is 25.3. The van der Waals surface area contributed by atoms with Gasteiger partial charge in [0.05, 0.1) is 16.9 Å². The van der Waals surface area contributed by atoms with Crippen molar-refractivity contribution in [3.63, 3.8) is 0 Å². The SMILES string of the molecule is O=C(Nc1cc(-c2ccc(C(F)(F)F)cc2F)ccc1N1CCNCC1)c1cccc2ccccc12. The van der Waals surface area contributed by atoms with Crippen LogP contribution in [0.1, 0.15) is 15.9 Å². The molecule has 184 valence electrons. The first-order chi connectivity index (χ1) is 17.3. The maximum atomic E-state index is 14.7. The summed E-state index contributed by atoms with van der Waals surface area (Å²) >= 11 is 0. The monoisotopic (exact) mass is 493 g/mol. The van der Waals surface area contributed by atoms with Crippen molar-refractivity contribution >= 4 is 28.1 Å². The summed E-state index contributed by atoms with van der Waals surface area (Å²) in [6.07, 6.45) is -4.64. The van der Waals surface area contributed by atoms with E-state index in [-0.39, 0.29) is 11.5 Å². The summed E-state index contributed by atoms with van der Waals surface area (Å²) in [6, 6.07) is 20.5. The molecule has 1 aliphatic rings. The van der Waals surface area contributed by atoms with Gasteiger partial charge in [-0.15, -0.1) is 0 Å². The first-order valence-electron chi connectivity index (χ1n) is 11.6. The van der Waals surface area contributed by atoms with E-state index < -0.39 is 17.6 Å². The number of carbonyl (C=O) groups excluding carboxylic acids is 1. The number of alkyl halides is 3. The van der Waals surface area contributed by atoms with Crippen LogP contribution in [0.3, 0.4) is 0 Å². The van der Waals surface area contributed by atoms with Crippen molar-refractivity contribution in [3.05, 3.63) is 95.8 Å². The van der Waals surface area contributed by atoms with Crippen LogP contribution in [0.5, 0.6) is 0 Å². The summed E-state index contributed by atoms with van der Waals surface area (Å²) in [6.45, 7) is 2.97. The van der Waals surface area contributed by atoms with Crippen LogP contribution < -0.4 is 15.5 Å². The molecule has 5 rings (SSSR count). The molecule has 4 nitrogen and oxygen atoms in total. The van der Waals surface area contributed by atoms with E-state index >= 15 is 0 Å². The lowest BCUT2D eigenvalue weighted by molar-refractivity contribution is -0.137. The van der Waals surface area contributed by atoms with Crippen molar-refractivity contribution in [1.82, 2.24) is 5.32 Å². The summed E-state index contributed by atoms with van der Waals surface area (Å²) in [5, 5.41) is 7.98. The number of amides is 1. The summed E-state index contributed by atoms with van der Waals surface area (Å²) < 4.78 is 53.8. The Balaban J connectivity index is 1.55. The Morgan fingerprint density at radius 3 is 2.39 bits per heavy atom. The third-order valence-electron chi connectivity index (χ3n) is 6.34. The number of carbonyl (C=O) groups is 1. The number of benzene rings is 4. The minimum atomic E-state index is -4.64. The van der Waals surface area contributed by atoms with Gasteiger partial charge in [-0.3, -0.25) is 4.79 Å². The van der Waals surface area contributed by atoms with E-state index in [2.05, 4.69) is 15.5 Å². The van der Waals surface area contributed by atoms with Gasteiger partial charge in [0.1, 0.15) is 5.82 Å². The maximum Gasteiger partial charge on any atom is 0.416 e. The molecule has 4 aromatic rings. The highest BCUT2D eigenvalue weighted by Crippen LogP contribution is 2.36. The normalized spacial score (nSPS) is 14.2. The van der Waals surface area contributed by atoms with Crippen LogP contribution in [0, 0.1) is 5.82 Å². The third kappa shape index (κ3) is 4.77. The molecule has 0 aromatic heterocycles. The van der Waals surface area contributed by atoms with Gasteiger partial charge in [-0.1, -0.05) is 48.5 Å². The predicted molar refractivity (Wildman–Crippen MR) is 134 cm³/mol. The second-order valence-corrected chi connectivity index (χ2v) is 8.64. The molecule has 1 heterocycles. The first kappa shape index (κ1) is 23.8. The Labute approximate surface area is 205 Å². The van der Waals surface area contributed by atoms with Gasteiger partial charge in [-0.25, -0.2) is 4.39 Å². The van der Waals surface area contributed by atoms with Gasteiger partial charge >= 0.3 is 6.18 Å². The molecule has 1 saturated heterocycles. The molecule has 1 fully saturated rings. The number of nitrogens with one attached hydrogen (secondary N) is 2. The smallest absolute Gasteiger partial charge is 0.367 e. The van der Waals surface area contributed by atoms with E-state index in [1.165, 1.54) is 0 Å². The van der Waals surface area contributed by atoms with Crippen LogP contribution in [0.2, 0.25) is 0 Å². The molecular weight excluding hydrogens is 470 g/mol. The van der Waals surface area contributed by atoms with Crippen LogP contribution >= 0.6 is 0 Å². The van der Waals surface area contributed by atoms with Gasteiger partial charge < -0.3 is 15.5 Å². The van der Waals surface area contributed by atoms with Crippen molar-refractivity contribution in [2.45, 2.75) is 6.18 Å². The van der Waals surface area contributed by atoms with E-state index in [1.807, 2.05) is 36.4 Å². The number of hydrogen-bond donors (Lipinski definition) is 2. The highest BCUT2D eigenvalue weighted by atomic mass is 19.4. The van der Waals surface area contributed by atoms with Crippen LogP contribution in [-0.4, -0.2) is 32.1 Å². The molecule has 0 atom stereocenters. The van der Waals surface area contributed by atoms with Gasteiger partial charge in [0.15, 0.2) is 0 Å². The molecule has 0 radical (unpaired) electrons. The average Bonchev–Trinajstić information content (AvgIpc) is 2.88. The van der Waals surface area contributed by atoms with E-state index in [0.717, 1.165) is 41.7 Å². The summed E-state index contributed by atoms with van der Waals surface area (Å²) in [4.78, 5) is 15.5. The Morgan fingerprint density at radius 2 is 1.64 bits per heavy atom. The van der Waals surface area contributed by atoms with Gasteiger partial charge in [0, 0.05) is 37.3 Å². The highest BCUT2D eigenvalue weighted by Gasteiger charge is 2.31. The van der Waals surface area contributed by atoms with Crippen LogP contribution in [0.25, 0.3) is 21.9 Å². The van der Waals surface area contributed by atoms with E-state index in [4.69, 9.17) is 0 Å². The molecule has 8 heteroatoms. The van der Waals surface area contributed by atoms with Crippen LogP contribution in [-0.2, 0) is 6.18 Å². The number of halogens is 4. The van der Waals surface area contributed by atoms with E-state index in [1.54, 1.807) is 24.3 Å². The number of nitrogens with zero attached hydrogens (tertiary/aromatic N) is 1. The molecule has 0 aliphatic carbocycles. The molecule has 1 amide bonds. The molecule has 0 unspecified atom stereocenters. The van der Waals surface area contributed by atoms with Crippen molar-refractivity contribution in [3.8, 4) is 11.1 Å². The summed E-state index contributed by atoms with van der Waals surface area (Å²) in [7, 11) is 0. The minimum absolute atomic E-state index is 0.0236. The zero-order valence-electron chi connectivity index (χ0n) is 19.2. The standard InChI is InChI=1S/C28H23F4N3O/c29-24-17-20(28(30,31)32)9-10-22(24)19-8-11-26(35-14-12-33-13-15-35)25(16-19)34-27(36)23-7-3-5-18-4-1-2-6-21(18)23/h1-11,16-17,33H,12-15H2,(H,34,36). The molecule has 2 N–H and O–H groups in total. The third-order valence-corrected chi connectivity index (χ3v) is 6.34. The fraction of sp³-hybridized carbons (Fsp3) is 0.179. The van der Waals surface area contributed by atoms with Gasteiger partial charge in [0.2, 0.25) is 0 Å². The van der Waals surface area contributed by atoms with E-state index in [9.17, 15) is 22.4 Å².